The molecule has 1 heterocycles. The molecule has 3 nitrogen and oxygen atoms in total. The molecular formula is C19H26O3. The quantitative estimate of drug-likeness (QED) is 0.645. The maximum absolute atomic E-state index is 12.4. The Hall–Kier alpha value is -0.700. The Morgan fingerprint density at radius 3 is 2.68 bits per heavy atom. The number of hydrogen-bond acceptors (Lipinski definition) is 3. The van der Waals surface area contributed by atoms with Crippen molar-refractivity contribution < 1.29 is 14.3 Å². The smallest absolute Gasteiger partial charge is 0.139 e. The van der Waals surface area contributed by atoms with E-state index in [1.54, 1.807) is 0 Å². The molecule has 5 aliphatic rings. The number of rotatable bonds is 0. The molecule has 0 aromatic carbocycles. The normalized spacial score (nSPS) is 59.4. The number of carbonyl (C=O) groups is 2. The molecule has 1 spiro atoms. The number of carbonyl (C=O) groups excluding carboxylic acids is 2. The van der Waals surface area contributed by atoms with Crippen LogP contribution in [-0.4, -0.2) is 23.3 Å². The highest BCUT2D eigenvalue weighted by Gasteiger charge is 2.76. The third kappa shape index (κ3) is 1.35. The maximum Gasteiger partial charge on any atom is 0.139 e. The lowest BCUT2D eigenvalue weighted by atomic mass is 9.45. The summed E-state index contributed by atoms with van der Waals surface area (Å²) in [6.45, 7) is 4.63. The van der Waals surface area contributed by atoms with Crippen molar-refractivity contribution in [2.24, 2.45) is 28.6 Å². The van der Waals surface area contributed by atoms with E-state index in [0.717, 1.165) is 44.9 Å². The zero-order chi connectivity index (χ0) is 15.3. The second kappa shape index (κ2) is 3.85. The summed E-state index contributed by atoms with van der Waals surface area (Å²) in [6, 6.07) is 0. The number of fused-ring (bicyclic) bond motifs is 4. The maximum atomic E-state index is 12.4. The van der Waals surface area contributed by atoms with Gasteiger partial charge < -0.3 is 4.74 Å². The number of epoxide rings is 1. The van der Waals surface area contributed by atoms with Crippen LogP contribution in [-0.2, 0) is 14.3 Å². The van der Waals surface area contributed by atoms with Gasteiger partial charge in [0, 0.05) is 30.1 Å². The van der Waals surface area contributed by atoms with Gasteiger partial charge in [0.2, 0.25) is 0 Å². The predicted molar refractivity (Wildman–Crippen MR) is 81.2 cm³/mol. The predicted octanol–water partition coefficient (Wildman–Crippen LogP) is 3.30. The molecule has 0 bridgehead atoms. The molecular weight excluding hydrogens is 276 g/mol. The first-order valence-corrected chi connectivity index (χ1v) is 9.14. The summed E-state index contributed by atoms with van der Waals surface area (Å²) in [7, 11) is 0. The molecule has 4 saturated carbocycles. The summed E-state index contributed by atoms with van der Waals surface area (Å²) >= 11 is 0. The fourth-order valence-corrected chi connectivity index (χ4v) is 7.23. The largest absolute Gasteiger partial charge is 0.365 e. The van der Waals surface area contributed by atoms with Gasteiger partial charge in [0.05, 0.1) is 6.10 Å². The van der Waals surface area contributed by atoms with Gasteiger partial charge in [0.1, 0.15) is 17.2 Å². The van der Waals surface area contributed by atoms with Crippen molar-refractivity contribution in [3.8, 4) is 0 Å². The van der Waals surface area contributed by atoms with E-state index in [1.807, 2.05) is 0 Å². The van der Waals surface area contributed by atoms with Crippen LogP contribution >= 0.6 is 0 Å². The molecule has 0 aromatic rings. The molecule has 0 radical (unpaired) electrons. The first-order chi connectivity index (χ1) is 10.4. The highest BCUT2D eigenvalue weighted by Crippen LogP contribution is 2.72. The number of hydrogen-bond donors (Lipinski definition) is 0. The van der Waals surface area contributed by atoms with Crippen molar-refractivity contribution in [1.82, 2.24) is 0 Å². The van der Waals surface area contributed by atoms with Gasteiger partial charge in [-0.1, -0.05) is 13.8 Å². The van der Waals surface area contributed by atoms with E-state index >= 15 is 0 Å². The lowest BCUT2D eigenvalue weighted by molar-refractivity contribution is -0.140. The van der Waals surface area contributed by atoms with Gasteiger partial charge in [-0.15, -0.1) is 0 Å². The van der Waals surface area contributed by atoms with Gasteiger partial charge in [-0.25, -0.2) is 0 Å². The Balaban J connectivity index is 1.54. The lowest BCUT2D eigenvalue weighted by Gasteiger charge is -2.57. The van der Waals surface area contributed by atoms with Crippen LogP contribution in [0, 0.1) is 28.6 Å². The SMILES string of the molecule is C[C@]12CC[C@H]3[C@@H](C[C@@H]4O[C@@]45CC(=O)CC[C@]35C)[C@@H]1CCC2=O. The molecule has 120 valence electrons. The average Bonchev–Trinajstić information content (AvgIpc) is 3.08. The van der Waals surface area contributed by atoms with Crippen LogP contribution in [0.1, 0.15) is 65.2 Å². The van der Waals surface area contributed by atoms with Crippen LogP contribution in [0.5, 0.6) is 0 Å². The molecule has 0 N–H and O–H groups in total. The van der Waals surface area contributed by atoms with Gasteiger partial charge in [-0.05, 0) is 49.9 Å². The summed E-state index contributed by atoms with van der Waals surface area (Å²) in [5.41, 5.74) is -0.0157. The zero-order valence-corrected chi connectivity index (χ0v) is 13.7. The van der Waals surface area contributed by atoms with Gasteiger partial charge in [-0.2, -0.15) is 0 Å². The average molecular weight is 302 g/mol. The minimum atomic E-state index is -0.125. The van der Waals surface area contributed by atoms with Crippen molar-refractivity contribution in [1.29, 1.82) is 0 Å². The van der Waals surface area contributed by atoms with E-state index in [9.17, 15) is 9.59 Å². The third-order valence-electron chi connectivity index (χ3n) is 8.62. The molecule has 0 aromatic heterocycles. The molecule has 5 rings (SSSR count). The van der Waals surface area contributed by atoms with Gasteiger partial charge in [0.15, 0.2) is 0 Å². The minimum absolute atomic E-state index is 0.0586. The van der Waals surface area contributed by atoms with Crippen LogP contribution < -0.4 is 0 Å². The van der Waals surface area contributed by atoms with Crippen LogP contribution in [0.15, 0.2) is 0 Å². The molecule has 7 atom stereocenters. The highest BCUT2D eigenvalue weighted by molar-refractivity contribution is 5.87. The Bertz CT molecular complexity index is 583. The van der Waals surface area contributed by atoms with E-state index in [2.05, 4.69) is 13.8 Å². The summed E-state index contributed by atoms with van der Waals surface area (Å²) in [5, 5.41) is 0. The highest BCUT2D eigenvalue weighted by atomic mass is 16.6. The number of ether oxygens (including phenoxy) is 1. The van der Waals surface area contributed by atoms with E-state index < -0.39 is 0 Å². The van der Waals surface area contributed by atoms with Crippen molar-refractivity contribution in [3.63, 3.8) is 0 Å². The summed E-state index contributed by atoms with van der Waals surface area (Å²) in [4.78, 5) is 24.4. The first-order valence-electron chi connectivity index (χ1n) is 9.14. The van der Waals surface area contributed by atoms with E-state index in [4.69, 9.17) is 4.74 Å². The van der Waals surface area contributed by atoms with Gasteiger partial charge in [0.25, 0.3) is 0 Å². The summed E-state index contributed by atoms with van der Waals surface area (Å²) < 4.78 is 6.24. The van der Waals surface area contributed by atoms with E-state index in [0.29, 0.717) is 41.8 Å². The molecule has 3 heteroatoms. The monoisotopic (exact) mass is 302 g/mol. The molecule has 5 fully saturated rings. The standard InChI is InChI=1S/C19H26O3/c1-17-7-6-14-12(13(17)3-4-15(17)21)9-16-19(22-16)10-11(20)5-8-18(14,19)2/h12-14,16H,3-10H2,1-2H3/t12-,13-,14-,16-,17-,18+,19-/m0/s1. The Morgan fingerprint density at radius 1 is 1.05 bits per heavy atom. The van der Waals surface area contributed by atoms with E-state index in [-0.39, 0.29) is 16.4 Å². The lowest BCUT2D eigenvalue weighted by Crippen LogP contribution is -2.58. The Kier molecular flexibility index (Phi) is 2.40. The second-order valence-electron chi connectivity index (χ2n) is 9.16. The molecule has 1 aliphatic heterocycles. The van der Waals surface area contributed by atoms with Crippen molar-refractivity contribution in [3.05, 3.63) is 0 Å². The van der Waals surface area contributed by atoms with Crippen LogP contribution in [0.3, 0.4) is 0 Å². The topological polar surface area (TPSA) is 46.7 Å². The van der Waals surface area contributed by atoms with Crippen molar-refractivity contribution >= 4 is 11.6 Å². The molecule has 22 heavy (non-hydrogen) atoms. The third-order valence-corrected chi connectivity index (χ3v) is 8.62. The fraction of sp³-hybridized carbons (Fsp3) is 0.895. The Morgan fingerprint density at radius 2 is 1.86 bits per heavy atom. The molecule has 0 amide bonds. The van der Waals surface area contributed by atoms with Gasteiger partial charge in [-0.3, -0.25) is 9.59 Å². The second-order valence-corrected chi connectivity index (χ2v) is 9.16. The van der Waals surface area contributed by atoms with E-state index in [1.165, 1.54) is 0 Å². The summed E-state index contributed by atoms with van der Waals surface area (Å²) in [6.07, 6.45) is 7.87. The molecule has 1 saturated heterocycles. The van der Waals surface area contributed by atoms with Crippen LogP contribution in [0.2, 0.25) is 0 Å². The summed E-state index contributed by atoms with van der Waals surface area (Å²) in [5.74, 6) is 2.77. The Labute approximate surface area is 132 Å². The van der Waals surface area contributed by atoms with Crippen molar-refractivity contribution in [2.75, 3.05) is 0 Å². The fourth-order valence-electron chi connectivity index (χ4n) is 7.23. The number of Topliss-reactive ketones (excluding diaryl/α,β-unsaturated/α-hetero) is 2. The number of ketones is 2. The minimum Gasteiger partial charge on any atom is -0.365 e. The first kappa shape index (κ1) is 13.7. The van der Waals surface area contributed by atoms with Gasteiger partial charge >= 0.3 is 0 Å². The van der Waals surface area contributed by atoms with Crippen molar-refractivity contribution in [2.45, 2.75) is 76.9 Å². The molecule has 4 aliphatic carbocycles. The zero-order valence-electron chi connectivity index (χ0n) is 13.7. The van der Waals surface area contributed by atoms with Crippen LogP contribution in [0.4, 0.5) is 0 Å². The molecule has 0 unspecified atom stereocenters. The van der Waals surface area contributed by atoms with Crippen LogP contribution in [0.25, 0.3) is 0 Å².